The van der Waals surface area contributed by atoms with Gasteiger partial charge in [0.15, 0.2) is 5.78 Å². The molecule has 0 saturated heterocycles. The fourth-order valence-corrected chi connectivity index (χ4v) is 5.18. The van der Waals surface area contributed by atoms with E-state index < -0.39 is 17.7 Å². The number of phenolic OH excluding ortho intramolecular Hbond substituents is 1. The average molecular weight is 498 g/mol. The lowest BCUT2D eigenvalue weighted by molar-refractivity contribution is -0.144. The predicted molar refractivity (Wildman–Crippen MR) is 133 cm³/mol. The summed E-state index contributed by atoms with van der Waals surface area (Å²) in [5.74, 6) is -1.98. The molecule has 0 saturated carbocycles. The van der Waals surface area contributed by atoms with Crippen LogP contribution in [0.2, 0.25) is 5.02 Å². The number of aromatic hydroxyl groups is 1. The lowest BCUT2D eigenvalue weighted by atomic mass is 9.71. The minimum absolute atomic E-state index is 0.0368. The number of carbonyl (C=O) groups excluding carboxylic acids is 2. The van der Waals surface area contributed by atoms with Gasteiger partial charge in [-0.3, -0.25) is 4.79 Å². The van der Waals surface area contributed by atoms with Gasteiger partial charge in [-0.1, -0.05) is 43.1 Å². The zero-order chi connectivity index (χ0) is 25.3. The molecule has 5 nitrogen and oxygen atoms in total. The molecule has 0 spiro atoms. The van der Waals surface area contributed by atoms with Crippen LogP contribution in [0.25, 0.3) is 0 Å². The van der Waals surface area contributed by atoms with E-state index in [1.54, 1.807) is 37.3 Å². The normalized spacial score (nSPS) is 20.9. The van der Waals surface area contributed by atoms with Crippen molar-refractivity contribution in [2.45, 2.75) is 64.4 Å². The van der Waals surface area contributed by atoms with Crippen LogP contribution in [0.4, 0.5) is 4.39 Å². The minimum atomic E-state index is -0.671. The number of halogens is 2. The van der Waals surface area contributed by atoms with E-state index >= 15 is 0 Å². The van der Waals surface area contributed by atoms with Gasteiger partial charge in [-0.05, 0) is 68.0 Å². The third-order valence-corrected chi connectivity index (χ3v) is 6.98. The largest absolute Gasteiger partial charge is 0.508 e. The Hall–Kier alpha value is -3.12. The highest BCUT2D eigenvalue weighted by Gasteiger charge is 2.41. The molecule has 0 fully saturated rings. The summed E-state index contributed by atoms with van der Waals surface area (Å²) in [6.07, 6.45) is 1.99. The molecule has 2 aromatic carbocycles. The van der Waals surface area contributed by atoms with Crippen molar-refractivity contribution < 1.29 is 23.8 Å². The van der Waals surface area contributed by atoms with Crippen molar-refractivity contribution in [3.05, 3.63) is 87.0 Å². The van der Waals surface area contributed by atoms with Gasteiger partial charge in [0.05, 0.1) is 16.7 Å². The molecule has 0 radical (unpaired) electrons. The third kappa shape index (κ3) is 5.13. The first-order valence-electron chi connectivity index (χ1n) is 11.9. The standard InChI is InChI=1S/C28H29ClFNO4/c1-4-6-15(2)35-28(34)25-16(3)31-23-13-19(17-9-10-21(29)22(30)12-17)14-24(33)27(23)26(25)18-7-5-8-20(32)11-18/h5,7-12,15,19,26,31-32H,4,6,13-14H2,1-3H3. The maximum atomic E-state index is 14.1. The Labute approximate surface area is 209 Å². The number of nitrogens with one attached hydrogen (secondary N) is 1. The summed E-state index contributed by atoms with van der Waals surface area (Å²) < 4.78 is 19.8. The fourth-order valence-electron chi connectivity index (χ4n) is 5.06. The van der Waals surface area contributed by atoms with Crippen LogP contribution in [0.15, 0.2) is 65.0 Å². The highest BCUT2D eigenvalue weighted by molar-refractivity contribution is 6.30. The maximum absolute atomic E-state index is 14.1. The number of phenols is 1. The van der Waals surface area contributed by atoms with Gasteiger partial charge in [0.1, 0.15) is 11.6 Å². The first-order chi connectivity index (χ1) is 16.7. The van der Waals surface area contributed by atoms with Crippen molar-refractivity contribution >= 4 is 23.4 Å². The number of allylic oxidation sites excluding steroid dienone is 3. The topological polar surface area (TPSA) is 75.6 Å². The molecule has 7 heteroatoms. The van der Waals surface area contributed by atoms with Gasteiger partial charge in [0.25, 0.3) is 0 Å². The van der Waals surface area contributed by atoms with Crippen LogP contribution in [0.5, 0.6) is 5.75 Å². The Morgan fingerprint density at radius 1 is 1.23 bits per heavy atom. The second-order valence-corrected chi connectivity index (χ2v) is 9.70. The molecule has 2 aliphatic rings. The van der Waals surface area contributed by atoms with E-state index in [1.165, 1.54) is 12.1 Å². The first kappa shape index (κ1) is 25.0. The second-order valence-electron chi connectivity index (χ2n) is 9.29. The van der Waals surface area contributed by atoms with E-state index in [1.807, 2.05) is 13.8 Å². The van der Waals surface area contributed by atoms with Crippen LogP contribution in [0.1, 0.15) is 69.4 Å². The average Bonchev–Trinajstić information content (AvgIpc) is 2.79. The Morgan fingerprint density at radius 2 is 2.00 bits per heavy atom. The highest BCUT2D eigenvalue weighted by Crippen LogP contribution is 2.46. The molecular weight excluding hydrogens is 469 g/mol. The zero-order valence-electron chi connectivity index (χ0n) is 20.0. The van der Waals surface area contributed by atoms with Crippen LogP contribution < -0.4 is 5.32 Å². The predicted octanol–water partition coefficient (Wildman–Crippen LogP) is 6.28. The molecule has 0 bridgehead atoms. The molecule has 0 aromatic heterocycles. The lowest BCUT2D eigenvalue weighted by Gasteiger charge is -2.37. The number of esters is 1. The van der Waals surface area contributed by atoms with E-state index in [0.29, 0.717) is 40.1 Å². The third-order valence-electron chi connectivity index (χ3n) is 6.67. The van der Waals surface area contributed by atoms with Crippen LogP contribution in [0, 0.1) is 5.82 Å². The van der Waals surface area contributed by atoms with Crippen LogP contribution in [0.3, 0.4) is 0 Å². The lowest BCUT2D eigenvalue weighted by Crippen LogP contribution is -2.36. The van der Waals surface area contributed by atoms with Gasteiger partial charge in [-0.2, -0.15) is 0 Å². The number of ketones is 1. The van der Waals surface area contributed by atoms with Gasteiger partial charge >= 0.3 is 5.97 Å². The molecule has 35 heavy (non-hydrogen) atoms. The summed E-state index contributed by atoms with van der Waals surface area (Å²) in [4.78, 5) is 26.9. The zero-order valence-corrected chi connectivity index (χ0v) is 20.8. The molecule has 184 valence electrons. The summed E-state index contributed by atoms with van der Waals surface area (Å²) in [6, 6.07) is 11.2. The van der Waals surface area contributed by atoms with Gasteiger partial charge in [-0.25, -0.2) is 9.18 Å². The van der Waals surface area contributed by atoms with Crippen LogP contribution >= 0.6 is 11.6 Å². The van der Waals surface area contributed by atoms with E-state index in [-0.39, 0.29) is 35.0 Å². The van der Waals surface area contributed by atoms with E-state index in [0.717, 1.165) is 12.8 Å². The minimum Gasteiger partial charge on any atom is -0.508 e. The van der Waals surface area contributed by atoms with Crippen molar-refractivity contribution in [2.24, 2.45) is 0 Å². The number of Topliss-reactive ketones (excluding diaryl/α,β-unsaturated/α-hetero) is 1. The number of hydrogen-bond acceptors (Lipinski definition) is 5. The summed E-state index contributed by atoms with van der Waals surface area (Å²) >= 11 is 5.85. The number of rotatable bonds is 6. The van der Waals surface area contributed by atoms with E-state index in [4.69, 9.17) is 16.3 Å². The molecule has 3 unspecified atom stereocenters. The molecule has 3 atom stereocenters. The number of ether oxygens (including phenoxy) is 1. The van der Waals surface area contributed by atoms with Crippen molar-refractivity contribution in [3.63, 3.8) is 0 Å². The SMILES string of the molecule is CCCC(C)OC(=O)C1=C(C)NC2=C(C(=O)CC(c3ccc(Cl)c(F)c3)C2)C1c1cccc(O)c1. The highest BCUT2D eigenvalue weighted by atomic mass is 35.5. The fraction of sp³-hybridized carbons (Fsp3) is 0.357. The molecule has 1 aliphatic carbocycles. The van der Waals surface area contributed by atoms with E-state index in [2.05, 4.69) is 5.32 Å². The number of carbonyl (C=O) groups is 2. The molecule has 1 heterocycles. The monoisotopic (exact) mass is 497 g/mol. The van der Waals surface area contributed by atoms with Crippen LogP contribution in [-0.2, 0) is 14.3 Å². The summed E-state index contributed by atoms with van der Waals surface area (Å²) in [5, 5.41) is 13.5. The molecule has 4 rings (SSSR count). The van der Waals surface area contributed by atoms with Gasteiger partial charge in [0.2, 0.25) is 0 Å². The number of dihydropyridines is 1. The maximum Gasteiger partial charge on any atom is 0.337 e. The summed E-state index contributed by atoms with van der Waals surface area (Å²) in [6.45, 7) is 5.66. The van der Waals surface area contributed by atoms with Crippen LogP contribution in [-0.4, -0.2) is 23.0 Å². The van der Waals surface area contributed by atoms with Gasteiger partial charge < -0.3 is 15.2 Å². The molecule has 2 aromatic rings. The van der Waals surface area contributed by atoms with Crippen molar-refractivity contribution in [1.29, 1.82) is 0 Å². The van der Waals surface area contributed by atoms with E-state index in [9.17, 15) is 19.1 Å². The van der Waals surface area contributed by atoms with Crippen molar-refractivity contribution in [2.75, 3.05) is 0 Å². The Morgan fingerprint density at radius 3 is 2.69 bits per heavy atom. The second kappa shape index (κ2) is 10.2. The Balaban J connectivity index is 1.76. The van der Waals surface area contributed by atoms with Gasteiger partial charge in [-0.15, -0.1) is 0 Å². The molecular formula is C28H29ClFNO4. The van der Waals surface area contributed by atoms with Crippen molar-refractivity contribution in [1.82, 2.24) is 5.32 Å². The van der Waals surface area contributed by atoms with Crippen molar-refractivity contribution in [3.8, 4) is 5.75 Å². The summed E-state index contributed by atoms with van der Waals surface area (Å²) in [7, 11) is 0. The Kier molecular flexibility index (Phi) is 7.31. The molecule has 1 aliphatic heterocycles. The number of benzene rings is 2. The smallest absolute Gasteiger partial charge is 0.337 e. The molecule has 0 amide bonds. The first-order valence-corrected chi connectivity index (χ1v) is 12.3. The number of hydrogen-bond donors (Lipinski definition) is 2. The summed E-state index contributed by atoms with van der Waals surface area (Å²) in [5.41, 5.74) is 3.48. The molecule has 2 N–H and O–H groups in total. The Bertz CT molecular complexity index is 1240. The van der Waals surface area contributed by atoms with Gasteiger partial charge in [0, 0.05) is 29.3 Å². The quantitative estimate of drug-likeness (QED) is 0.459.